The molecule has 0 saturated heterocycles. The predicted molar refractivity (Wildman–Crippen MR) is 81.9 cm³/mol. The summed E-state index contributed by atoms with van der Waals surface area (Å²) in [7, 11) is 0. The minimum Gasteiger partial charge on any atom is -0.460 e. The van der Waals surface area contributed by atoms with Crippen molar-refractivity contribution in [2.24, 2.45) is 0 Å². The molecule has 0 bridgehead atoms. The van der Waals surface area contributed by atoms with Crippen molar-refractivity contribution in [1.82, 2.24) is 0 Å². The van der Waals surface area contributed by atoms with Gasteiger partial charge in [-0.1, -0.05) is 31.0 Å². The summed E-state index contributed by atoms with van der Waals surface area (Å²) in [6, 6.07) is 10.7. The fraction of sp³-hybridized carbons (Fsp3) is 0.588. The molecule has 1 aromatic rings. The summed E-state index contributed by atoms with van der Waals surface area (Å²) in [5.41, 5.74) is 1.22. The fourth-order valence-corrected chi connectivity index (χ4v) is 3.19. The fourth-order valence-electron chi connectivity index (χ4n) is 3.19. The number of nitrogens with zero attached hydrogens (tertiary/aromatic N) is 1. The molecule has 2 atom stereocenters. The van der Waals surface area contributed by atoms with Crippen LogP contribution < -0.4 is 4.90 Å². The summed E-state index contributed by atoms with van der Waals surface area (Å²) in [6.07, 6.45) is 5.71. The van der Waals surface area contributed by atoms with Gasteiger partial charge >= 0.3 is 5.97 Å². The predicted octanol–water partition coefficient (Wildman–Crippen LogP) is 3.78. The second-order valence-corrected chi connectivity index (χ2v) is 5.47. The van der Waals surface area contributed by atoms with E-state index in [1.807, 2.05) is 6.07 Å². The first-order chi connectivity index (χ1) is 9.72. The van der Waals surface area contributed by atoms with E-state index in [1.165, 1.54) is 25.5 Å². The molecule has 0 heterocycles. The summed E-state index contributed by atoms with van der Waals surface area (Å²) in [4.78, 5) is 13.8. The minimum atomic E-state index is -0.161. The average molecular weight is 275 g/mol. The molecule has 1 aliphatic carbocycles. The molecule has 110 valence electrons. The molecule has 1 saturated carbocycles. The van der Waals surface area contributed by atoms with Gasteiger partial charge in [0.25, 0.3) is 0 Å². The smallest absolute Gasteiger partial charge is 0.302 e. The number of esters is 1. The molecule has 0 aliphatic heterocycles. The SMILES string of the molecule is CCN(c1ccccc1)[C@@H]1CCCCC[C@H]1OC(C)=O. The second-order valence-electron chi connectivity index (χ2n) is 5.47. The van der Waals surface area contributed by atoms with Crippen LogP contribution in [-0.4, -0.2) is 24.7 Å². The van der Waals surface area contributed by atoms with Crippen molar-refractivity contribution in [3.63, 3.8) is 0 Å². The van der Waals surface area contributed by atoms with Crippen LogP contribution in [0.3, 0.4) is 0 Å². The lowest BCUT2D eigenvalue weighted by atomic mass is 10.0. The van der Waals surface area contributed by atoms with Crippen LogP contribution in [0.15, 0.2) is 30.3 Å². The lowest BCUT2D eigenvalue weighted by Gasteiger charge is -2.36. The Bertz CT molecular complexity index is 418. The molecule has 3 nitrogen and oxygen atoms in total. The molecule has 0 amide bonds. The van der Waals surface area contributed by atoms with Crippen molar-refractivity contribution in [3.05, 3.63) is 30.3 Å². The van der Waals surface area contributed by atoms with Gasteiger partial charge in [-0.05, 0) is 38.3 Å². The molecule has 0 N–H and O–H groups in total. The van der Waals surface area contributed by atoms with E-state index in [4.69, 9.17) is 4.74 Å². The number of para-hydroxylation sites is 1. The number of carbonyl (C=O) groups excluding carboxylic acids is 1. The number of hydrogen-bond acceptors (Lipinski definition) is 3. The molecule has 3 heteroatoms. The van der Waals surface area contributed by atoms with Gasteiger partial charge in [0.1, 0.15) is 6.10 Å². The number of benzene rings is 1. The number of likely N-dealkylation sites (N-methyl/N-ethyl adjacent to an activating group) is 1. The van der Waals surface area contributed by atoms with E-state index in [9.17, 15) is 4.79 Å². The first kappa shape index (κ1) is 14.9. The quantitative estimate of drug-likeness (QED) is 0.618. The van der Waals surface area contributed by atoms with E-state index in [0.717, 1.165) is 25.8 Å². The maximum Gasteiger partial charge on any atom is 0.302 e. The zero-order valence-corrected chi connectivity index (χ0v) is 12.5. The molecule has 0 radical (unpaired) electrons. The van der Waals surface area contributed by atoms with E-state index < -0.39 is 0 Å². The molecule has 1 aromatic carbocycles. The Morgan fingerprint density at radius 3 is 2.55 bits per heavy atom. The molecule has 0 unspecified atom stereocenters. The molecule has 0 spiro atoms. The monoisotopic (exact) mass is 275 g/mol. The zero-order valence-electron chi connectivity index (χ0n) is 12.5. The van der Waals surface area contributed by atoms with Gasteiger partial charge in [0.15, 0.2) is 0 Å². The average Bonchev–Trinajstić information content (AvgIpc) is 2.67. The molecule has 0 aromatic heterocycles. The van der Waals surface area contributed by atoms with Crippen LogP contribution in [0.1, 0.15) is 46.0 Å². The van der Waals surface area contributed by atoms with Crippen molar-refractivity contribution in [1.29, 1.82) is 0 Å². The molecular formula is C17H25NO2. The standard InChI is InChI=1S/C17H25NO2/c1-3-18(15-10-6-4-7-11-15)16-12-8-5-9-13-17(16)20-14(2)19/h4,6-7,10-11,16-17H,3,5,8-9,12-13H2,1-2H3/t16-,17-/m1/s1. The Labute approximate surface area is 121 Å². The Hall–Kier alpha value is -1.51. The first-order valence-electron chi connectivity index (χ1n) is 7.71. The van der Waals surface area contributed by atoms with Crippen molar-refractivity contribution in [2.75, 3.05) is 11.4 Å². The van der Waals surface area contributed by atoms with Gasteiger partial charge in [-0.25, -0.2) is 0 Å². The number of carbonyl (C=O) groups is 1. The van der Waals surface area contributed by atoms with Crippen molar-refractivity contribution in [2.45, 2.75) is 58.1 Å². The number of hydrogen-bond donors (Lipinski definition) is 0. The highest BCUT2D eigenvalue weighted by Crippen LogP contribution is 2.28. The van der Waals surface area contributed by atoms with Gasteiger partial charge in [0.2, 0.25) is 0 Å². The Morgan fingerprint density at radius 1 is 1.20 bits per heavy atom. The summed E-state index contributed by atoms with van der Waals surface area (Å²) < 4.78 is 5.61. The summed E-state index contributed by atoms with van der Waals surface area (Å²) in [6.45, 7) is 4.62. The highest BCUT2D eigenvalue weighted by atomic mass is 16.5. The normalized spacial score (nSPS) is 22.9. The number of anilines is 1. The number of rotatable bonds is 4. The molecular weight excluding hydrogens is 250 g/mol. The van der Waals surface area contributed by atoms with Gasteiger partial charge in [-0.15, -0.1) is 0 Å². The molecule has 1 aliphatic rings. The van der Waals surface area contributed by atoms with Crippen molar-refractivity contribution < 1.29 is 9.53 Å². The van der Waals surface area contributed by atoms with Gasteiger partial charge in [-0.3, -0.25) is 4.79 Å². The van der Waals surface area contributed by atoms with E-state index in [1.54, 1.807) is 0 Å². The van der Waals surface area contributed by atoms with E-state index in [2.05, 4.69) is 36.1 Å². The summed E-state index contributed by atoms with van der Waals surface area (Å²) >= 11 is 0. The Balaban J connectivity index is 2.21. The highest BCUT2D eigenvalue weighted by molar-refractivity contribution is 5.66. The maximum atomic E-state index is 11.4. The Morgan fingerprint density at radius 2 is 1.90 bits per heavy atom. The van der Waals surface area contributed by atoms with E-state index in [-0.39, 0.29) is 12.1 Å². The third-order valence-electron chi connectivity index (χ3n) is 4.06. The van der Waals surface area contributed by atoms with Crippen LogP contribution in [0.5, 0.6) is 0 Å². The lowest BCUT2D eigenvalue weighted by Crippen LogP contribution is -2.45. The van der Waals surface area contributed by atoms with E-state index >= 15 is 0 Å². The van der Waals surface area contributed by atoms with Crippen molar-refractivity contribution in [3.8, 4) is 0 Å². The van der Waals surface area contributed by atoms with Gasteiger partial charge in [0, 0.05) is 19.2 Å². The third-order valence-corrected chi connectivity index (χ3v) is 4.06. The lowest BCUT2D eigenvalue weighted by molar-refractivity contribution is -0.147. The van der Waals surface area contributed by atoms with E-state index in [0.29, 0.717) is 6.04 Å². The van der Waals surface area contributed by atoms with Gasteiger partial charge in [0.05, 0.1) is 6.04 Å². The van der Waals surface area contributed by atoms with Crippen LogP contribution in [0.2, 0.25) is 0 Å². The minimum absolute atomic E-state index is 0.0233. The van der Waals surface area contributed by atoms with Gasteiger partial charge in [-0.2, -0.15) is 0 Å². The van der Waals surface area contributed by atoms with Crippen LogP contribution >= 0.6 is 0 Å². The van der Waals surface area contributed by atoms with Crippen LogP contribution in [0.25, 0.3) is 0 Å². The molecule has 2 rings (SSSR count). The Kier molecular flexibility index (Phi) is 5.45. The summed E-state index contributed by atoms with van der Waals surface area (Å²) in [5.74, 6) is -0.161. The first-order valence-corrected chi connectivity index (χ1v) is 7.71. The highest BCUT2D eigenvalue weighted by Gasteiger charge is 2.30. The zero-order chi connectivity index (χ0) is 14.4. The van der Waals surface area contributed by atoms with Crippen LogP contribution in [0.4, 0.5) is 5.69 Å². The molecule has 20 heavy (non-hydrogen) atoms. The largest absolute Gasteiger partial charge is 0.460 e. The van der Waals surface area contributed by atoms with Crippen LogP contribution in [0, 0.1) is 0 Å². The van der Waals surface area contributed by atoms with Gasteiger partial charge < -0.3 is 9.64 Å². The number of ether oxygens (including phenoxy) is 1. The second kappa shape index (κ2) is 7.32. The summed E-state index contributed by atoms with van der Waals surface area (Å²) in [5, 5.41) is 0. The topological polar surface area (TPSA) is 29.5 Å². The molecule has 1 fully saturated rings. The van der Waals surface area contributed by atoms with Crippen molar-refractivity contribution >= 4 is 11.7 Å². The third kappa shape index (κ3) is 3.75. The van der Waals surface area contributed by atoms with Crippen LogP contribution in [-0.2, 0) is 9.53 Å². The maximum absolute atomic E-state index is 11.4.